The van der Waals surface area contributed by atoms with Crippen LogP contribution in [0, 0.1) is 29.1 Å². The molecule has 0 heterocycles. The van der Waals surface area contributed by atoms with Gasteiger partial charge in [0.15, 0.2) is 0 Å². The molecule has 1 amide bonds. The smallest absolute Gasteiger partial charge is 0.307 e. The van der Waals surface area contributed by atoms with Crippen LogP contribution in [0.15, 0.2) is 24.3 Å². The Morgan fingerprint density at radius 3 is 2.62 bits per heavy atom. The molecule has 1 fully saturated rings. The number of nitriles is 1. The molecule has 3 atom stereocenters. The third-order valence-electron chi connectivity index (χ3n) is 4.20. The monoisotopic (exact) mass is 286 g/mol. The number of nitrogens with one attached hydrogen (secondary N) is 1. The van der Waals surface area contributed by atoms with Gasteiger partial charge >= 0.3 is 5.97 Å². The van der Waals surface area contributed by atoms with Gasteiger partial charge in [0.1, 0.15) is 6.07 Å². The van der Waals surface area contributed by atoms with Crippen LogP contribution in [0.1, 0.15) is 31.7 Å². The van der Waals surface area contributed by atoms with Crippen molar-refractivity contribution >= 4 is 17.6 Å². The van der Waals surface area contributed by atoms with E-state index in [-0.39, 0.29) is 11.8 Å². The molecule has 110 valence electrons. The first-order valence-electron chi connectivity index (χ1n) is 7.09. The van der Waals surface area contributed by atoms with Gasteiger partial charge < -0.3 is 10.4 Å². The second-order valence-electron chi connectivity index (χ2n) is 5.44. The summed E-state index contributed by atoms with van der Waals surface area (Å²) < 4.78 is 0. The summed E-state index contributed by atoms with van der Waals surface area (Å²) in [5.74, 6) is -2.11. The zero-order valence-corrected chi connectivity index (χ0v) is 11.9. The van der Waals surface area contributed by atoms with E-state index in [1.54, 1.807) is 24.3 Å². The van der Waals surface area contributed by atoms with Crippen molar-refractivity contribution in [1.82, 2.24) is 0 Å². The highest BCUT2D eigenvalue weighted by molar-refractivity contribution is 5.96. The third kappa shape index (κ3) is 3.22. The minimum Gasteiger partial charge on any atom is -0.481 e. The number of anilines is 1. The molecular formula is C16H18N2O3. The van der Waals surface area contributed by atoms with Crippen molar-refractivity contribution in [1.29, 1.82) is 5.26 Å². The van der Waals surface area contributed by atoms with Crippen LogP contribution >= 0.6 is 0 Å². The van der Waals surface area contributed by atoms with Crippen LogP contribution < -0.4 is 5.32 Å². The highest BCUT2D eigenvalue weighted by Gasteiger charge is 2.42. The number of para-hydroxylation sites is 1. The standard InChI is InChI=1S/C16H18N2O3/c1-2-10-7-12(13(8-10)16(20)21)15(19)18-14-6-4-3-5-11(14)9-17/h3-6,10,12-13H,2,7-8H2,1H3,(H,18,19)(H,20,21)/t10?,12-,13+/m0/s1. The topological polar surface area (TPSA) is 90.2 Å². The number of amides is 1. The second-order valence-corrected chi connectivity index (χ2v) is 5.44. The van der Waals surface area contributed by atoms with E-state index >= 15 is 0 Å². The molecule has 1 aliphatic rings. The number of carbonyl (C=O) groups excluding carboxylic acids is 1. The summed E-state index contributed by atoms with van der Waals surface area (Å²) in [7, 11) is 0. The number of nitrogens with zero attached hydrogens (tertiary/aromatic N) is 1. The van der Waals surface area contributed by atoms with Gasteiger partial charge in [-0.3, -0.25) is 9.59 Å². The van der Waals surface area contributed by atoms with Crippen LogP contribution in [0.2, 0.25) is 0 Å². The maximum Gasteiger partial charge on any atom is 0.307 e. The fourth-order valence-corrected chi connectivity index (χ4v) is 2.95. The van der Waals surface area contributed by atoms with Crippen LogP contribution in [0.4, 0.5) is 5.69 Å². The second kappa shape index (κ2) is 6.40. The van der Waals surface area contributed by atoms with E-state index in [2.05, 4.69) is 5.32 Å². The predicted octanol–water partition coefficient (Wildman–Crippen LogP) is 2.63. The van der Waals surface area contributed by atoms with E-state index in [9.17, 15) is 14.7 Å². The van der Waals surface area contributed by atoms with Crippen molar-refractivity contribution in [2.75, 3.05) is 5.32 Å². The van der Waals surface area contributed by atoms with E-state index in [1.165, 1.54) is 0 Å². The number of carboxylic acids is 1. The number of aliphatic carboxylic acids is 1. The molecule has 1 saturated carbocycles. The summed E-state index contributed by atoms with van der Waals surface area (Å²) in [5, 5.41) is 21.0. The Kier molecular flexibility index (Phi) is 4.59. The van der Waals surface area contributed by atoms with Gasteiger partial charge in [0, 0.05) is 0 Å². The molecule has 0 spiro atoms. The molecule has 1 aromatic rings. The third-order valence-corrected chi connectivity index (χ3v) is 4.20. The van der Waals surface area contributed by atoms with Crippen LogP contribution in [0.5, 0.6) is 0 Å². The molecule has 0 aliphatic heterocycles. The quantitative estimate of drug-likeness (QED) is 0.890. The first-order chi connectivity index (χ1) is 10.1. The lowest BCUT2D eigenvalue weighted by molar-refractivity contribution is -0.145. The minimum atomic E-state index is -0.917. The predicted molar refractivity (Wildman–Crippen MR) is 77.4 cm³/mol. The van der Waals surface area contributed by atoms with Gasteiger partial charge in [0.2, 0.25) is 5.91 Å². The fourth-order valence-electron chi connectivity index (χ4n) is 2.95. The highest BCUT2D eigenvalue weighted by Crippen LogP contribution is 2.39. The van der Waals surface area contributed by atoms with Crippen molar-refractivity contribution in [2.24, 2.45) is 17.8 Å². The zero-order chi connectivity index (χ0) is 15.4. The average molecular weight is 286 g/mol. The van der Waals surface area contributed by atoms with E-state index in [1.807, 2.05) is 13.0 Å². The number of carbonyl (C=O) groups is 2. The number of benzene rings is 1. The molecule has 5 nitrogen and oxygen atoms in total. The molecule has 1 aliphatic carbocycles. The molecule has 2 N–H and O–H groups in total. The lowest BCUT2D eigenvalue weighted by Gasteiger charge is -2.16. The van der Waals surface area contributed by atoms with Crippen molar-refractivity contribution in [3.05, 3.63) is 29.8 Å². The van der Waals surface area contributed by atoms with Crippen molar-refractivity contribution in [3.8, 4) is 6.07 Å². The molecule has 0 saturated heterocycles. The Labute approximate surface area is 123 Å². The summed E-state index contributed by atoms with van der Waals surface area (Å²) >= 11 is 0. The van der Waals surface area contributed by atoms with Crippen LogP contribution in [-0.4, -0.2) is 17.0 Å². The summed E-state index contributed by atoms with van der Waals surface area (Å²) in [6.07, 6.45) is 2.01. The molecular weight excluding hydrogens is 268 g/mol. The average Bonchev–Trinajstić information content (AvgIpc) is 2.92. The van der Waals surface area contributed by atoms with Crippen LogP contribution in [0.25, 0.3) is 0 Å². The summed E-state index contributed by atoms with van der Waals surface area (Å²) in [6, 6.07) is 8.73. The Hall–Kier alpha value is -2.35. The van der Waals surface area contributed by atoms with Crippen LogP contribution in [0.3, 0.4) is 0 Å². The Balaban J connectivity index is 2.16. The van der Waals surface area contributed by atoms with Crippen LogP contribution in [-0.2, 0) is 9.59 Å². The minimum absolute atomic E-state index is 0.271. The largest absolute Gasteiger partial charge is 0.481 e. The zero-order valence-electron chi connectivity index (χ0n) is 11.9. The Bertz CT molecular complexity index is 591. The molecule has 1 unspecified atom stereocenters. The maximum absolute atomic E-state index is 12.4. The molecule has 5 heteroatoms. The van der Waals surface area contributed by atoms with Gasteiger partial charge in [-0.1, -0.05) is 25.5 Å². The number of carboxylic acid groups (broad SMARTS) is 1. The fraction of sp³-hybridized carbons (Fsp3) is 0.438. The first kappa shape index (κ1) is 15.0. The molecule has 21 heavy (non-hydrogen) atoms. The molecule has 1 aromatic carbocycles. The number of hydrogen-bond acceptors (Lipinski definition) is 3. The highest BCUT2D eigenvalue weighted by atomic mass is 16.4. The van der Waals surface area contributed by atoms with Gasteiger partial charge in [-0.2, -0.15) is 5.26 Å². The molecule has 0 aromatic heterocycles. The van der Waals surface area contributed by atoms with Gasteiger partial charge in [-0.25, -0.2) is 0 Å². The lowest BCUT2D eigenvalue weighted by Crippen LogP contribution is -2.30. The van der Waals surface area contributed by atoms with E-state index < -0.39 is 17.8 Å². The van der Waals surface area contributed by atoms with Gasteiger partial charge in [0.05, 0.1) is 23.1 Å². The SMILES string of the molecule is CCC1C[C@H](C(=O)Nc2ccccc2C#N)[C@H](C(=O)O)C1. The first-order valence-corrected chi connectivity index (χ1v) is 7.09. The van der Waals surface area contributed by atoms with Gasteiger partial charge in [0.25, 0.3) is 0 Å². The lowest BCUT2D eigenvalue weighted by atomic mass is 9.95. The Morgan fingerprint density at radius 1 is 1.33 bits per heavy atom. The van der Waals surface area contributed by atoms with E-state index in [0.717, 1.165) is 6.42 Å². The van der Waals surface area contributed by atoms with Gasteiger partial charge in [-0.15, -0.1) is 0 Å². The van der Waals surface area contributed by atoms with Gasteiger partial charge in [-0.05, 0) is 30.9 Å². The van der Waals surface area contributed by atoms with Crippen molar-refractivity contribution < 1.29 is 14.7 Å². The summed E-state index contributed by atoms with van der Waals surface area (Å²) in [5.41, 5.74) is 0.817. The molecule has 2 rings (SSSR count). The van der Waals surface area contributed by atoms with E-state index in [0.29, 0.717) is 24.1 Å². The maximum atomic E-state index is 12.4. The van der Waals surface area contributed by atoms with E-state index in [4.69, 9.17) is 5.26 Å². The molecule has 0 radical (unpaired) electrons. The summed E-state index contributed by atoms with van der Waals surface area (Å²) in [6.45, 7) is 2.01. The Morgan fingerprint density at radius 2 is 2.00 bits per heavy atom. The number of hydrogen-bond donors (Lipinski definition) is 2. The number of rotatable bonds is 4. The van der Waals surface area contributed by atoms with Crippen molar-refractivity contribution in [2.45, 2.75) is 26.2 Å². The normalized spacial score (nSPS) is 24.3. The molecule has 0 bridgehead atoms. The van der Waals surface area contributed by atoms with Crippen molar-refractivity contribution in [3.63, 3.8) is 0 Å². The summed E-state index contributed by atoms with van der Waals surface area (Å²) in [4.78, 5) is 23.7.